The molecule has 148 valence electrons. The number of carbonyl (C=O) groups is 1. The van der Waals surface area contributed by atoms with Crippen molar-refractivity contribution < 1.29 is 18.3 Å². The average Bonchev–Trinajstić information content (AvgIpc) is 3.34. The first-order chi connectivity index (χ1) is 13.4. The molecule has 0 unspecified atom stereocenters. The van der Waals surface area contributed by atoms with E-state index in [2.05, 4.69) is 9.71 Å². The summed E-state index contributed by atoms with van der Waals surface area (Å²) in [7, 11) is -3.70. The largest absolute Gasteiger partial charge is 0.481 e. The summed E-state index contributed by atoms with van der Waals surface area (Å²) in [5.41, 5.74) is 1.66. The van der Waals surface area contributed by atoms with E-state index in [-0.39, 0.29) is 17.4 Å². The van der Waals surface area contributed by atoms with Crippen molar-refractivity contribution in [3.8, 4) is 0 Å². The number of carboxylic acids is 1. The quantitative estimate of drug-likeness (QED) is 0.743. The first-order valence-electron chi connectivity index (χ1n) is 9.69. The highest BCUT2D eigenvalue weighted by Crippen LogP contribution is 2.52. The lowest BCUT2D eigenvalue weighted by molar-refractivity contribution is -0.140. The van der Waals surface area contributed by atoms with Gasteiger partial charge in [0.2, 0.25) is 10.0 Å². The van der Waals surface area contributed by atoms with E-state index < -0.39 is 21.4 Å². The Kier molecular flexibility index (Phi) is 4.97. The molecule has 2 aliphatic rings. The van der Waals surface area contributed by atoms with Crippen molar-refractivity contribution in [2.24, 2.45) is 0 Å². The van der Waals surface area contributed by atoms with Crippen molar-refractivity contribution in [2.45, 2.75) is 61.3 Å². The average molecular weight is 401 g/mol. The molecule has 0 bridgehead atoms. The number of sulfonamides is 1. The zero-order valence-corrected chi connectivity index (χ0v) is 16.4. The van der Waals surface area contributed by atoms with E-state index >= 15 is 0 Å². The Morgan fingerprint density at radius 3 is 2.57 bits per heavy atom. The second kappa shape index (κ2) is 7.29. The molecule has 0 spiro atoms. The van der Waals surface area contributed by atoms with Crippen molar-refractivity contribution in [1.29, 1.82) is 0 Å². The van der Waals surface area contributed by atoms with Crippen molar-refractivity contribution in [1.82, 2.24) is 9.71 Å². The molecule has 1 aromatic heterocycles. The molecule has 28 heavy (non-hydrogen) atoms. The van der Waals surface area contributed by atoms with Gasteiger partial charge in [0.25, 0.3) is 0 Å². The Morgan fingerprint density at radius 2 is 1.96 bits per heavy atom. The van der Waals surface area contributed by atoms with Crippen LogP contribution in [0.1, 0.15) is 61.1 Å². The number of benzene rings is 1. The molecule has 0 aliphatic heterocycles. The molecule has 0 saturated heterocycles. The van der Waals surface area contributed by atoms with Crippen LogP contribution in [-0.2, 0) is 26.8 Å². The van der Waals surface area contributed by atoms with E-state index in [0.717, 1.165) is 42.4 Å². The number of hydrogen-bond donors (Lipinski definition) is 2. The number of aliphatic carboxylic acids is 1. The summed E-state index contributed by atoms with van der Waals surface area (Å²) in [6.45, 7) is 0.162. The smallest absolute Gasteiger partial charge is 0.314 e. The van der Waals surface area contributed by atoms with Crippen molar-refractivity contribution >= 4 is 16.0 Å². The Hall–Kier alpha value is -2.25. The summed E-state index contributed by atoms with van der Waals surface area (Å²) >= 11 is 0. The van der Waals surface area contributed by atoms with Gasteiger partial charge >= 0.3 is 5.97 Å². The SMILES string of the molecule is O=C(O)C1(c2ccc(S(=O)(=O)NCc3cccnc3)cc2C2CCCC2)CC1. The van der Waals surface area contributed by atoms with Crippen LogP contribution in [0.3, 0.4) is 0 Å². The second-order valence-corrected chi connectivity index (χ2v) is 9.57. The Labute approximate surface area is 165 Å². The van der Waals surface area contributed by atoms with Crippen molar-refractivity contribution in [3.05, 3.63) is 59.4 Å². The number of aromatic nitrogens is 1. The third-order valence-electron chi connectivity index (χ3n) is 5.99. The highest BCUT2D eigenvalue weighted by atomic mass is 32.2. The van der Waals surface area contributed by atoms with Crippen molar-refractivity contribution in [3.63, 3.8) is 0 Å². The summed E-state index contributed by atoms with van der Waals surface area (Å²) in [6.07, 6.45) is 8.66. The summed E-state index contributed by atoms with van der Waals surface area (Å²) in [5.74, 6) is -0.572. The minimum atomic E-state index is -3.70. The van der Waals surface area contributed by atoms with Crippen LogP contribution >= 0.6 is 0 Å². The molecule has 2 fully saturated rings. The first-order valence-corrected chi connectivity index (χ1v) is 11.2. The predicted molar refractivity (Wildman–Crippen MR) is 104 cm³/mol. The van der Waals surface area contributed by atoms with E-state index in [9.17, 15) is 18.3 Å². The molecular weight excluding hydrogens is 376 g/mol. The predicted octanol–water partition coefficient (Wildman–Crippen LogP) is 3.33. The zero-order chi connectivity index (χ0) is 19.8. The van der Waals surface area contributed by atoms with Crippen LogP contribution in [0.5, 0.6) is 0 Å². The van der Waals surface area contributed by atoms with Crippen LogP contribution in [0.4, 0.5) is 0 Å². The van der Waals surface area contributed by atoms with Gasteiger partial charge in [0, 0.05) is 18.9 Å². The van der Waals surface area contributed by atoms with Crippen LogP contribution in [0.2, 0.25) is 0 Å². The van der Waals surface area contributed by atoms with Crippen LogP contribution in [-0.4, -0.2) is 24.5 Å². The van der Waals surface area contributed by atoms with Crippen molar-refractivity contribution in [2.75, 3.05) is 0 Å². The maximum Gasteiger partial charge on any atom is 0.314 e. The van der Waals surface area contributed by atoms with Crippen LogP contribution in [0, 0.1) is 0 Å². The summed E-state index contributed by atoms with van der Waals surface area (Å²) in [6, 6.07) is 8.56. The van der Waals surface area contributed by atoms with E-state index in [4.69, 9.17) is 0 Å². The second-order valence-electron chi connectivity index (χ2n) is 7.80. The van der Waals surface area contributed by atoms with Gasteiger partial charge in [-0.05, 0) is 66.5 Å². The van der Waals surface area contributed by atoms with Gasteiger partial charge in [-0.1, -0.05) is 25.0 Å². The van der Waals surface area contributed by atoms with E-state index in [0.29, 0.717) is 12.8 Å². The highest BCUT2D eigenvalue weighted by molar-refractivity contribution is 7.89. The molecule has 2 N–H and O–H groups in total. The summed E-state index contributed by atoms with van der Waals surface area (Å²) in [4.78, 5) is 16.0. The Morgan fingerprint density at radius 1 is 1.21 bits per heavy atom. The van der Waals surface area contributed by atoms with Gasteiger partial charge in [0.05, 0.1) is 10.3 Å². The van der Waals surface area contributed by atoms with Crippen LogP contribution in [0.15, 0.2) is 47.6 Å². The molecule has 2 saturated carbocycles. The topological polar surface area (TPSA) is 96.4 Å². The van der Waals surface area contributed by atoms with Gasteiger partial charge in [-0.25, -0.2) is 13.1 Å². The molecule has 1 heterocycles. The maximum absolute atomic E-state index is 12.8. The molecule has 1 aromatic carbocycles. The number of nitrogens with zero attached hydrogens (tertiary/aromatic N) is 1. The Bertz CT molecular complexity index is 979. The molecule has 2 aromatic rings. The number of carboxylic acid groups (broad SMARTS) is 1. The Balaban J connectivity index is 1.66. The fourth-order valence-corrected chi connectivity index (χ4v) is 5.26. The third kappa shape index (κ3) is 3.56. The number of nitrogens with one attached hydrogen (secondary N) is 1. The number of rotatable bonds is 7. The molecule has 7 heteroatoms. The van der Waals surface area contributed by atoms with E-state index in [1.165, 1.54) is 0 Å². The van der Waals surface area contributed by atoms with Gasteiger partial charge in [0.15, 0.2) is 0 Å². The normalized spacial score (nSPS) is 18.9. The fourth-order valence-electron chi connectivity index (χ4n) is 4.21. The standard InChI is InChI=1S/C21H24N2O4S/c24-20(25)21(9-10-21)19-8-7-17(12-18(19)16-5-1-2-6-16)28(26,27)23-14-15-4-3-11-22-13-15/h3-4,7-8,11-13,16,23H,1-2,5-6,9-10,14H2,(H,24,25). The lowest BCUT2D eigenvalue weighted by Crippen LogP contribution is -2.25. The highest BCUT2D eigenvalue weighted by Gasteiger charge is 2.53. The van der Waals surface area contributed by atoms with Gasteiger partial charge < -0.3 is 5.11 Å². The van der Waals surface area contributed by atoms with E-state index in [1.807, 2.05) is 6.07 Å². The third-order valence-corrected chi connectivity index (χ3v) is 7.39. The van der Waals surface area contributed by atoms with Crippen LogP contribution in [0.25, 0.3) is 0 Å². The molecule has 0 atom stereocenters. The maximum atomic E-state index is 12.8. The summed E-state index contributed by atoms with van der Waals surface area (Å²) < 4.78 is 28.3. The van der Waals surface area contributed by atoms with E-state index in [1.54, 1.807) is 36.7 Å². The molecular formula is C21H24N2O4S. The molecule has 0 amide bonds. The molecule has 6 nitrogen and oxygen atoms in total. The number of hydrogen-bond acceptors (Lipinski definition) is 4. The zero-order valence-electron chi connectivity index (χ0n) is 15.6. The minimum Gasteiger partial charge on any atom is -0.481 e. The fraction of sp³-hybridized carbons (Fsp3) is 0.429. The van der Waals surface area contributed by atoms with Gasteiger partial charge in [-0.2, -0.15) is 0 Å². The molecule has 2 aliphatic carbocycles. The van der Waals surface area contributed by atoms with Gasteiger partial charge in [-0.3, -0.25) is 9.78 Å². The van der Waals surface area contributed by atoms with Gasteiger partial charge in [0.1, 0.15) is 0 Å². The molecule has 4 rings (SSSR count). The minimum absolute atomic E-state index is 0.162. The first kappa shape index (κ1) is 19.1. The number of pyridine rings is 1. The van der Waals surface area contributed by atoms with Crippen LogP contribution < -0.4 is 4.72 Å². The lowest BCUT2D eigenvalue weighted by atomic mass is 9.84. The van der Waals surface area contributed by atoms with Gasteiger partial charge in [-0.15, -0.1) is 0 Å². The lowest BCUT2D eigenvalue weighted by Gasteiger charge is -2.21. The molecule has 0 radical (unpaired) electrons. The summed E-state index contributed by atoms with van der Waals surface area (Å²) in [5, 5.41) is 9.73. The monoisotopic (exact) mass is 400 g/mol.